The molecule has 0 aliphatic heterocycles. The van der Waals surface area contributed by atoms with Crippen molar-refractivity contribution in [3.8, 4) is 23.0 Å². The molecule has 136 valence electrons. The van der Waals surface area contributed by atoms with E-state index in [1.807, 2.05) is 13.0 Å². The van der Waals surface area contributed by atoms with Crippen LogP contribution in [0.2, 0.25) is 0 Å². The van der Waals surface area contributed by atoms with Crippen LogP contribution in [0.5, 0.6) is 23.0 Å². The molecule has 0 aliphatic carbocycles. The van der Waals surface area contributed by atoms with Crippen molar-refractivity contribution < 1.29 is 29.3 Å². The Bertz CT molecular complexity index is 1010. The highest BCUT2D eigenvalue weighted by molar-refractivity contribution is 5.88. The van der Waals surface area contributed by atoms with E-state index in [2.05, 4.69) is 0 Å². The van der Waals surface area contributed by atoms with Crippen molar-refractivity contribution in [1.29, 1.82) is 0 Å². The van der Waals surface area contributed by atoms with E-state index in [4.69, 9.17) is 19.7 Å². The second kappa shape index (κ2) is 7.61. The average molecular weight is 364 g/mol. The molecule has 0 atom stereocenters. The number of rotatable bonds is 6. The molecular weight excluding hydrogens is 348 g/mol. The van der Waals surface area contributed by atoms with Crippen LogP contribution < -0.4 is 9.47 Å². The van der Waals surface area contributed by atoms with E-state index < -0.39 is 11.9 Å². The van der Waals surface area contributed by atoms with E-state index in [-0.39, 0.29) is 11.1 Å². The van der Waals surface area contributed by atoms with Crippen molar-refractivity contribution in [2.45, 2.75) is 6.92 Å². The van der Waals surface area contributed by atoms with Gasteiger partial charge in [0.2, 0.25) is 0 Å². The van der Waals surface area contributed by atoms with E-state index in [9.17, 15) is 9.59 Å². The van der Waals surface area contributed by atoms with Gasteiger partial charge in [0.1, 0.15) is 11.5 Å². The third-order valence-corrected chi connectivity index (χ3v) is 3.79. The van der Waals surface area contributed by atoms with Crippen molar-refractivity contribution in [2.24, 2.45) is 0 Å². The zero-order valence-electron chi connectivity index (χ0n) is 14.4. The standard InChI is InChI=1S/C21H16O6/c1-13-5-2-10-18(26-16-8-3-6-14(11-16)20(22)23)19(13)27-17-9-4-7-15(12-17)21(24)25/h2-12H,1H3,(H,22,23)(H,24,25). The summed E-state index contributed by atoms with van der Waals surface area (Å²) in [6.07, 6.45) is 0. The van der Waals surface area contributed by atoms with Gasteiger partial charge in [-0.15, -0.1) is 0 Å². The molecule has 3 aromatic carbocycles. The number of para-hydroxylation sites is 1. The largest absolute Gasteiger partial charge is 0.478 e. The Morgan fingerprint density at radius 3 is 1.81 bits per heavy atom. The number of benzene rings is 3. The van der Waals surface area contributed by atoms with Crippen LogP contribution >= 0.6 is 0 Å². The third-order valence-electron chi connectivity index (χ3n) is 3.79. The molecule has 3 aromatic rings. The van der Waals surface area contributed by atoms with Crippen molar-refractivity contribution in [3.05, 3.63) is 83.4 Å². The second-order valence-electron chi connectivity index (χ2n) is 5.77. The topological polar surface area (TPSA) is 93.1 Å². The molecule has 0 aromatic heterocycles. The molecule has 6 heteroatoms. The highest BCUT2D eigenvalue weighted by Crippen LogP contribution is 2.37. The average Bonchev–Trinajstić information content (AvgIpc) is 2.65. The summed E-state index contributed by atoms with van der Waals surface area (Å²) < 4.78 is 11.7. The maximum atomic E-state index is 11.1. The Morgan fingerprint density at radius 1 is 0.741 bits per heavy atom. The van der Waals surface area contributed by atoms with Crippen LogP contribution in [0.15, 0.2) is 66.7 Å². The summed E-state index contributed by atoms with van der Waals surface area (Å²) >= 11 is 0. The van der Waals surface area contributed by atoms with Crippen molar-refractivity contribution in [2.75, 3.05) is 0 Å². The summed E-state index contributed by atoms with van der Waals surface area (Å²) in [5, 5.41) is 18.2. The lowest BCUT2D eigenvalue weighted by atomic mass is 10.2. The van der Waals surface area contributed by atoms with Gasteiger partial charge >= 0.3 is 11.9 Å². The van der Waals surface area contributed by atoms with Crippen LogP contribution in [-0.2, 0) is 0 Å². The van der Waals surface area contributed by atoms with Gasteiger partial charge in [0.25, 0.3) is 0 Å². The van der Waals surface area contributed by atoms with Crippen LogP contribution in [0, 0.1) is 6.92 Å². The van der Waals surface area contributed by atoms with Gasteiger partial charge in [0, 0.05) is 0 Å². The summed E-state index contributed by atoms with van der Waals surface area (Å²) in [4.78, 5) is 22.3. The Balaban J connectivity index is 1.93. The van der Waals surface area contributed by atoms with E-state index in [1.54, 1.807) is 36.4 Å². The first kappa shape index (κ1) is 18.0. The van der Waals surface area contributed by atoms with Gasteiger partial charge in [-0.25, -0.2) is 9.59 Å². The Morgan fingerprint density at radius 2 is 1.26 bits per heavy atom. The molecule has 0 saturated carbocycles. The van der Waals surface area contributed by atoms with Gasteiger partial charge < -0.3 is 19.7 Å². The molecule has 2 N–H and O–H groups in total. The first-order valence-corrected chi connectivity index (χ1v) is 8.06. The Labute approximate surface area is 155 Å². The van der Waals surface area contributed by atoms with Gasteiger partial charge in [0.05, 0.1) is 11.1 Å². The first-order chi connectivity index (χ1) is 12.9. The fourth-order valence-corrected chi connectivity index (χ4v) is 2.47. The number of carbonyl (C=O) groups is 2. The number of hydrogen-bond donors (Lipinski definition) is 2. The van der Waals surface area contributed by atoms with Crippen molar-refractivity contribution in [1.82, 2.24) is 0 Å². The lowest BCUT2D eigenvalue weighted by molar-refractivity contribution is 0.0685. The Kier molecular flexibility index (Phi) is 5.08. The third kappa shape index (κ3) is 4.24. The zero-order chi connectivity index (χ0) is 19.4. The van der Waals surface area contributed by atoms with Gasteiger partial charge in [-0.2, -0.15) is 0 Å². The van der Waals surface area contributed by atoms with Gasteiger partial charge in [-0.1, -0.05) is 24.3 Å². The minimum absolute atomic E-state index is 0.108. The summed E-state index contributed by atoms with van der Waals surface area (Å²) in [7, 11) is 0. The maximum Gasteiger partial charge on any atom is 0.335 e. The number of ether oxygens (including phenoxy) is 2. The van der Waals surface area contributed by atoms with Gasteiger partial charge in [-0.05, 0) is 55.0 Å². The molecule has 0 fully saturated rings. The molecule has 0 heterocycles. The highest BCUT2D eigenvalue weighted by atomic mass is 16.5. The predicted molar refractivity (Wildman–Crippen MR) is 98.1 cm³/mol. The van der Waals surface area contributed by atoms with Crippen molar-refractivity contribution in [3.63, 3.8) is 0 Å². The fourth-order valence-electron chi connectivity index (χ4n) is 2.47. The van der Waals surface area contributed by atoms with E-state index in [1.165, 1.54) is 24.3 Å². The molecule has 0 unspecified atom stereocenters. The molecule has 0 bridgehead atoms. The molecule has 0 spiro atoms. The normalized spacial score (nSPS) is 10.3. The molecule has 0 saturated heterocycles. The number of carboxylic acids is 2. The van der Waals surface area contributed by atoms with E-state index in [0.29, 0.717) is 23.0 Å². The van der Waals surface area contributed by atoms with Crippen LogP contribution in [0.25, 0.3) is 0 Å². The van der Waals surface area contributed by atoms with E-state index >= 15 is 0 Å². The SMILES string of the molecule is Cc1cccc(Oc2cccc(C(=O)O)c2)c1Oc1cccc(C(=O)O)c1. The lowest BCUT2D eigenvalue weighted by Crippen LogP contribution is -1.98. The smallest absolute Gasteiger partial charge is 0.335 e. The maximum absolute atomic E-state index is 11.1. The summed E-state index contributed by atoms with van der Waals surface area (Å²) in [6, 6.07) is 17.6. The van der Waals surface area contributed by atoms with Crippen LogP contribution in [-0.4, -0.2) is 22.2 Å². The van der Waals surface area contributed by atoms with Crippen molar-refractivity contribution >= 4 is 11.9 Å². The number of hydrogen-bond acceptors (Lipinski definition) is 4. The van der Waals surface area contributed by atoms with Gasteiger partial charge in [0.15, 0.2) is 11.5 Å². The summed E-state index contributed by atoms with van der Waals surface area (Å²) in [5.41, 5.74) is 0.997. The number of aryl methyl sites for hydroxylation is 1. The summed E-state index contributed by atoms with van der Waals surface area (Å²) in [5.74, 6) is -0.587. The summed E-state index contributed by atoms with van der Waals surface area (Å²) in [6.45, 7) is 1.83. The number of aromatic carboxylic acids is 2. The second-order valence-corrected chi connectivity index (χ2v) is 5.77. The highest BCUT2D eigenvalue weighted by Gasteiger charge is 2.13. The predicted octanol–water partition coefficient (Wildman–Crippen LogP) is 4.98. The molecule has 0 radical (unpaired) electrons. The molecule has 27 heavy (non-hydrogen) atoms. The molecular formula is C21H16O6. The molecule has 6 nitrogen and oxygen atoms in total. The van der Waals surface area contributed by atoms with Gasteiger partial charge in [-0.3, -0.25) is 0 Å². The molecule has 0 aliphatic rings. The van der Waals surface area contributed by atoms with E-state index in [0.717, 1.165) is 5.56 Å². The molecule has 0 amide bonds. The monoisotopic (exact) mass is 364 g/mol. The molecule has 3 rings (SSSR count). The van der Waals surface area contributed by atoms with Crippen LogP contribution in [0.4, 0.5) is 0 Å². The first-order valence-electron chi connectivity index (χ1n) is 8.06. The fraction of sp³-hybridized carbons (Fsp3) is 0.0476. The lowest BCUT2D eigenvalue weighted by Gasteiger charge is -2.15. The minimum atomic E-state index is -1.05. The Hall–Kier alpha value is -3.80. The number of carboxylic acid groups (broad SMARTS) is 2. The quantitative estimate of drug-likeness (QED) is 0.641. The zero-order valence-corrected chi connectivity index (χ0v) is 14.4. The van der Waals surface area contributed by atoms with Crippen LogP contribution in [0.1, 0.15) is 26.3 Å². The van der Waals surface area contributed by atoms with Crippen LogP contribution in [0.3, 0.4) is 0 Å². The minimum Gasteiger partial charge on any atom is -0.478 e.